The van der Waals surface area contributed by atoms with Crippen LogP contribution < -0.4 is 10.6 Å². The average molecular weight is 310 g/mol. The van der Waals surface area contributed by atoms with Gasteiger partial charge in [0.1, 0.15) is 0 Å². The van der Waals surface area contributed by atoms with Gasteiger partial charge in [-0.25, -0.2) is 4.98 Å². The number of thiazole rings is 1. The summed E-state index contributed by atoms with van der Waals surface area (Å²) >= 11 is 7.23. The maximum atomic E-state index is 11.7. The Bertz CT molecular complexity index is 598. The highest BCUT2D eigenvalue weighted by Crippen LogP contribution is 2.20. The SMILES string of the molecule is CC(C)C(=O)Nc1cccc(NCc2cnc(Cl)s2)c1. The van der Waals surface area contributed by atoms with E-state index >= 15 is 0 Å². The van der Waals surface area contributed by atoms with E-state index in [0.717, 1.165) is 16.3 Å². The zero-order valence-electron chi connectivity index (χ0n) is 11.3. The first-order chi connectivity index (χ1) is 9.54. The maximum absolute atomic E-state index is 11.7. The summed E-state index contributed by atoms with van der Waals surface area (Å²) in [5, 5.41) is 6.15. The van der Waals surface area contributed by atoms with Crippen molar-refractivity contribution >= 4 is 40.2 Å². The number of amides is 1. The number of nitrogens with one attached hydrogen (secondary N) is 2. The third-order valence-corrected chi connectivity index (χ3v) is 3.76. The van der Waals surface area contributed by atoms with E-state index in [1.165, 1.54) is 11.3 Å². The number of hydrogen-bond donors (Lipinski definition) is 2. The van der Waals surface area contributed by atoms with Gasteiger partial charge in [-0.2, -0.15) is 0 Å². The number of carbonyl (C=O) groups is 1. The lowest BCUT2D eigenvalue weighted by Gasteiger charge is -2.10. The van der Waals surface area contributed by atoms with Gasteiger partial charge in [0.25, 0.3) is 0 Å². The lowest BCUT2D eigenvalue weighted by Crippen LogP contribution is -2.17. The molecular formula is C14H16ClN3OS. The summed E-state index contributed by atoms with van der Waals surface area (Å²) in [6.07, 6.45) is 1.75. The zero-order valence-corrected chi connectivity index (χ0v) is 12.9. The molecule has 1 amide bonds. The van der Waals surface area contributed by atoms with E-state index in [-0.39, 0.29) is 11.8 Å². The molecule has 2 aromatic rings. The van der Waals surface area contributed by atoms with Gasteiger partial charge in [0.15, 0.2) is 4.47 Å². The molecule has 0 aliphatic carbocycles. The standard InChI is InChI=1S/C14H16ClN3OS/c1-9(2)13(19)18-11-5-3-4-10(6-11)16-7-12-8-17-14(15)20-12/h3-6,8-9,16H,7H2,1-2H3,(H,18,19). The molecule has 20 heavy (non-hydrogen) atoms. The van der Waals surface area contributed by atoms with E-state index in [1.54, 1.807) is 6.20 Å². The van der Waals surface area contributed by atoms with Gasteiger partial charge >= 0.3 is 0 Å². The number of halogens is 1. The minimum absolute atomic E-state index is 0.0105. The molecule has 6 heteroatoms. The summed E-state index contributed by atoms with van der Waals surface area (Å²) in [6.45, 7) is 4.39. The van der Waals surface area contributed by atoms with Gasteiger partial charge in [-0.3, -0.25) is 4.79 Å². The first kappa shape index (κ1) is 14.8. The van der Waals surface area contributed by atoms with Crippen molar-refractivity contribution in [3.8, 4) is 0 Å². The highest BCUT2D eigenvalue weighted by Gasteiger charge is 2.07. The second-order valence-electron chi connectivity index (χ2n) is 4.66. The van der Waals surface area contributed by atoms with Crippen LogP contribution >= 0.6 is 22.9 Å². The van der Waals surface area contributed by atoms with Crippen molar-refractivity contribution < 1.29 is 4.79 Å². The molecule has 0 aliphatic rings. The molecule has 0 unspecified atom stereocenters. The van der Waals surface area contributed by atoms with Gasteiger partial charge < -0.3 is 10.6 Å². The fraction of sp³-hybridized carbons (Fsp3) is 0.286. The average Bonchev–Trinajstić information content (AvgIpc) is 2.82. The van der Waals surface area contributed by atoms with E-state index in [9.17, 15) is 4.79 Å². The Morgan fingerprint density at radius 2 is 2.15 bits per heavy atom. The fourth-order valence-corrected chi connectivity index (χ4v) is 2.47. The van der Waals surface area contributed by atoms with Crippen LogP contribution in [0, 0.1) is 5.92 Å². The van der Waals surface area contributed by atoms with Crippen LogP contribution in [0.25, 0.3) is 0 Å². The molecular weight excluding hydrogens is 294 g/mol. The van der Waals surface area contributed by atoms with Crippen molar-refractivity contribution in [1.82, 2.24) is 4.98 Å². The number of rotatable bonds is 5. The highest BCUT2D eigenvalue weighted by molar-refractivity contribution is 7.15. The van der Waals surface area contributed by atoms with Crippen LogP contribution in [-0.2, 0) is 11.3 Å². The van der Waals surface area contributed by atoms with Gasteiger partial charge in [-0.05, 0) is 18.2 Å². The quantitative estimate of drug-likeness (QED) is 0.877. The molecule has 1 aromatic heterocycles. The summed E-state index contributed by atoms with van der Waals surface area (Å²) in [4.78, 5) is 16.7. The molecule has 1 aromatic carbocycles. The van der Waals surface area contributed by atoms with E-state index in [2.05, 4.69) is 15.6 Å². The Hall–Kier alpha value is -1.59. The van der Waals surface area contributed by atoms with Crippen LogP contribution in [0.1, 0.15) is 18.7 Å². The Labute approximate surface area is 127 Å². The van der Waals surface area contributed by atoms with Crippen LogP contribution in [0.5, 0.6) is 0 Å². The molecule has 0 atom stereocenters. The van der Waals surface area contributed by atoms with Crippen LogP contribution in [0.4, 0.5) is 11.4 Å². The smallest absolute Gasteiger partial charge is 0.226 e. The van der Waals surface area contributed by atoms with Gasteiger partial charge in [-0.1, -0.05) is 31.5 Å². The molecule has 0 fully saturated rings. The molecule has 0 saturated carbocycles. The normalized spacial score (nSPS) is 10.6. The van der Waals surface area contributed by atoms with Crippen molar-refractivity contribution in [2.75, 3.05) is 10.6 Å². The molecule has 2 N–H and O–H groups in total. The molecule has 1 heterocycles. The molecule has 2 rings (SSSR count). The number of anilines is 2. The minimum atomic E-state index is -0.0362. The Kier molecular flexibility index (Phi) is 4.98. The molecule has 0 aliphatic heterocycles. The molecule has 4 nitrogen and oxygen atoms in total. The van der Waals surface area contributed by atoms with E-state index in [1.807, 2.05) is 38.1 Å². The van der Waals surface area contributed by atoms with Crippen molar-refractivity contribution in [2.24, 2.45) is 5.92 Å². The van der Waals surface area contributed by atoms with Crippen LogP contribution in [0.15, 0.2) is 30.5 Å². The molecule has 0 spiro atoms. The monoisotopic (exact) mass is 309 g/mol. The van der Waals surface area contributed by atoms with Crippen molar-refractivity contribution in [1.29, 1.82) is 0 Å². The number of carbonyl (C=O) groups excluding carboxylic acids is 1. The summed E-state index contributed by atoms with van der Waals surface area (Å²) < 4.78 is 0.541. The third kappa shape index (κ3) is 4.21. The first-order valence-corrected chi connectivity index (χ1v) is 7.49. The highest BCUT2D eigenvalue weighted by atomic mass is 35.5. The summed E-state index contributed by atoms with van der Waals surface area (Å²) in [5.41, 5.74) is 1.73. The van der Waals surface area contributed by atoms with E-state index in [0.29, 0.717) is 11.0 Å². The molecule has 0 saturated heterocycles. The second-order valence-corrected chi connectivity index (χ2v) is 6.36. The topological polar surface area (TPSA) is 54.0 Å². The van der Waals surface area contributed by atoms with Crippen molar-refractivity contribution in [3.05, 3.63) is 39.8 Å². The number of aromatic nitrogens is 1. The van der Waals surface area contributed by atoms with E-state index < -0.39 is 0 Å². The van der Waals surface area contributed by atoms with Gasteiger partial charge in [0, 0.05) is 28.4 Å². The summed E-state index contributed by atoms with van der Waals surface area (Å²) in [5.74, 6) is -0.0256. The van der Waals surface area contributed by atoms with Crippen molar-refractivity contribution in [2.45, 2.75) is 20.4 Å². The Morgan fingerprint density at radius 3 is 2.80 bits per heavy atom. The minimum Gasteiger partial charge on any atom is -0.380 e. The first-order valence-electron chi connectivity index (χ1n) is 6.29. The van der Waals surface area contributed by atoms with Gasteiger partial charge in [-0.15, -0.1) is 11.3 Å². The number of benzene rings is 1. The lowest BCUT2D eigenvalue weighted by molar-refractivity contribution is -0.118. The second kappa shape index (κ2) is 6.72. The third-order valence-electron chi connectivity index (χ3n) is 2.65. The zero-order chi connectivity index (χ0) is 14.5. The van der Waals surface area contributed by atoms with Crippen LogP contribution in [-0.4, -0.2) is 10.9 Å². The van der Waals surface area contributed by atoms with Gasteiger partial charge in [0.05, 0.1) is 6.54 Å². The van der Waals surface area contributed by atoms with E-state index in [4.69, 9.17) is 11.6 Å². The predicted molar refractivity (Wildman–Crippen MR) is 84.4 cm³/mol. The Balaban J connectivity index is 1.97. The largest absolute Gasteiger partial charge is 0.380 e. The van der Waals surface area contributed by atoms with Gasteiger partial charge in [0.2, 0.25) is 5.91 Å². The number of nitrogens with zero attached hydrogens (tertiary/aromatic N) is 1. The summed E-state index contributed by atoms with van der Waals surface area (Å²) in [7, 11) is 0. The van der Waals surface area contributed by atoms with Crippen LogP contribution in [0.2, 0.25) is 4.47 Å². The Morgan fingerprint density at radius 1 is 1.40 bits per heavy atom. The molecule has 106 valence electrons. The fourth-order valence-electron chi connectivity index (χ4n) is 1.55. The summed E-state index contributed by atoms with van der Waals surface area (Å²) in [6, 6.07) is 7.63. The maximum Gasteiger partial charge on any atom is 0.226 e. The number of hydrogen-bond acceptors (Lipinski definition) is 4. The van der Waals surface area contributed by atoms with Crippen molar-refractivity contribution in [3.63, 3.8) is 0 Å². The van der Waals surface area contributed by atoms with Crippen LogP contribution in [0.3, 0.4) is 0 Å². The predicted octanol–water partition coefficient (Wildman–Crippen LogP) is 4.00. The molecule has 0 radical (unpaired) electrons. The lowest BCUT2D eigenvalue weighted by atomic mass is 10.2. The molecule has 0 bridgehead atoms.